The Balaban J connectivity index is 2.74. The van der Waals surface area contributed by atoms with Crippen LogP contribution in [0.1, 0.15) is 5.56 Å². The topological polar surface area (TPSA) is 38.0 Å². The fourth-order valence-electron chi connectivity index (χ4n) is 0.783. The summed E-state index contributed by atoms with van der Waals surface area (Å²) in [6.45, 7) is 0.571. The van der Waals surface area contributed by atoms with Gasteiger partial charge in [-0.1, -0.05) is 24.4 Å². The second-order valence-corrected chi connectivity index (χ2v) is 2.33. The molecule has 1 radical (unpaired) electrons. The second kappa shape index (κ2) is 4.05. The van der Waals surface area contributed by atoms with E-state index in [-0.39, 0.29) is 0 Å². The summed E-state index contributed by atoms with van der Waals surface area (Å²) in [6.07, 6.45) is 0. The molecule has 0 aromatic heterocycles. The Labute approximate surface area is 71.4 Å². The average Bonchev–Trinajstić information content (AvgIpc) is 2.07. The minimum absolute atomic E-state index is 0.571. The lowest BCUT2D eigenvalue weighted by molar-refractivity contribution is 1.07. The zero-order valence-corrected chi connectivity index (χ0v) is 6.82. The molecule has 3 N–H and O–H groups in total. The molecule has 11 heavy (non-hydrogen) atoms. The van der Waals surface area contributed by atoms with Crippen LogP contribution >= 0.6 is 12.2 Å². The van der Waals surface area contributed by atoms with E-state index < -0.39 is 0 Å². The fraction of sp³-hybridized carbons (Fsp3) is 0.125. The van der Waals surface area contributed by atoms with Crippen LogP contribution in [0.4, 0.5) is 5.69 Å². The quantitative estimate of drug-likeness (QED) is 0.525. The summed E-state index contributed by atoms with van der Waals surface area (Å²) >= 11 is 4.51. The van der Waals surface area contributed by atoms with Crippen molar-refractivity contribution in [2.75, 3.05) is 5.32 Å². The van der Waals surface area contributed by atoms with E-state index in [1.807, 2.05) is 24.3 Å². The summed E-state index contributed by atoms with van der Waals surface area (Å²) in [5, 5.41) is 2.78. The minimum atomic E-state index is 0.571. The molecule has 0 aliphatic carbocycles. The van der Waals surface area contributed by atoms with Gasteiger partial charge in [-0.05, 0) is 17.7 Å². The van der Waals surface area contributed by atoms with Crippen LogP contribution in [-0.2, 0) is 6.54 Å². The van der Waals surface area contributed by atoms with Gasteiger partial charge in [0.15, 0.2) is 0 Å². The van der Waals surface area contributed by atoms with Gasteiger partial charge in [-0.2, -0.15) is 0 Å². The molecule has 0 spiro atoms. The Kier molecular flexibility index (Phi) is 3.01. The van der Waals surface area contributed by atoms with E-state index in [1.165, 1.54) is 0 Å². The highest BCUT2D eigenvalue weighted by Gasteiger charge is 1.89. The van der Waals surface area contributed by atoms with E-state index in [9.17, 15) is 0 Å². The van der Waals surface area contributed by atoms with Gasteiger partial charge in [-0.3, -0.25) is 0 Å². The SMILES string of the molecule is NCc1ccc(N[C]=S)cc1. The van der Waals surface area contributed by atoms with Crippen LogP contribution in [-0.4, -0.2) is 5.49 Å². The number of nitrogens with two attached hydrogens (primary N) is 1. The maximum atomic E-state index is 5.42. The predicted octanol–water partition coefficient (Wildman–Crippen LogP) is 1.39. The Morgan fingerprint density at radius 3 is 2.45 bits per heavy atom. The number of thiocarbonyl (C=S) groups is 1. The van der Waals surface area contributed by atoms with Crippen molar-refractivity contribution in [1.82, 2.24) is 0 Å². The number of hydrogen-bond acceptors (Lipinski definition) is 2. The molecule has 3 heteroatoms. The number of rotatable bonds is 3. The molecule has 57 valence electrons. The van der Waals surface area contributed by atoms with E-state index in [0.717, 1.165) is 11.3 Å². The van der Waals surface area contributed by atoms with Crippen LogP contribution in [0.15, 0.2) is 24.3 Å². The molecule has 1 aromatic carbocycles. The molecular weight excluding hydrogens is 156 g/mol. The van der Waals surface area contributed by atoms with Crippen molar-refractivity contribution in [1.29, 1.82) is 0 Å². The summed E-state index contributed by atoms with van der Waals surface area (Å²) in [5.41, 5.74) is 9.89. The van der Waals surface area contributed by atoms with Gasteiger partial charge in [0.25, 0.3) is 0 Å². The zero-order valence-electron chi connectivity index (χ0n) is 6.00. The highest BCUT2D eigenvalue weighted by atomic mass is 32.1. The largest absolute Gasteiger partial charge is 0.344 e. The van der Waals surface area contributed by atoms with Gasteiger partial charge in [0.2, 0.25) is 0 Å². The Morgan fingerprint density at radius 2 is 2.00 bits per heavy atom. The summed E-state index contributed by atoms with van der Waals surface area (Å²) in [6, 6.07) is 7.74. The predicted molar refractivity (Wildman–Crippen MR) is 50.6 cm³/mol. The molecule has 0 saturated heterocycles. The maximum absolute atomic E-state index is 5.42. The first-order valence-corrected chi connectivity index (χ1v) is 3.70. The standard InChI is InChI=1S/C8H9N2S/c9-5-7-1-3-8(4-2-7)10-6-11/h1-4H,5,9H2,(H,10,11). The normalized spacial score (nSPS) is 9.18. The smallest absolute Gasteiger partial charge is 0.138 e. The molecule has 1 aromatic rings. The van der Waals surface area contributed by atoms with Gasteiger partial charge in [-0.15, -0.1) is 0 Å². The molecule has 0 bridgehead atoms. The maximum Gasteiger partial charge on any atom is 0.138 e. The summed E-state index contributed by atoms with van der Waals surface area (Å²) < 4.78 is 0. The lowest BCUT2D eigenvalue weighted by Crippen LogP contribution is -1.96. The lowest BCUT2D eigenvalue weighted by atomic mass is 10.2. The van der Waals surface area contributed by atoms with E-state index in [4.69, 9.17) is 5.73 Å². The van der Waals surface area contributed by atoms with Crippen LogP contribution < -0.4 is 11.1 Å². The van der Waals surface area contributed by atoms with Gasteiger partial charge < -0.3 is 11.1 Å². The van der Waals surface area contributed by atoms with Gasteiger partial charge in [0, 0.05) is 12.2 Å². The Bertz CT molecular complexity index is 230. The molecule has 0 unspecified atom stereocenters. The van der Waals surface area contributed by atoms with Gasteiger partial charge in [-0.25, -0.2) is 0 Å². The van der Waals surface area contributed by atoms with Crippen LogP contribution in [0.5, 0.6) is 0 Å². The number of anilines is 1. The van der Waals surface area contributed by atoms with E-state index in [1.54, 1.807) is 0 Å². The van der Waals surface area contributed by atoms with Crippen molar-refractivity contribution in [3.8, 4) is 0 Å². The fourth-order valence-corrected chi connectivity index (χ4v) is 0.901. The van der Waals surface area contributed by atoms with Gasteiger partial charge >= 0.3 is 0 Å². The molecule has 0 heterocycles. The first-order valence-electron chi connectivity index (χ1n) is 3.29. The molecule has 0 aliphatic rings. The van der Waals surface area contributed by atoms with Crippen molar-refractivity contribution in [3.63, 3.8) is 0 Å². The molecule has 0 atom stereocenters. The monoisotopic (exact) mass is 165 g/mol. The summed E-state index contributed by atoms with van der Waals surface area (Å²) in [7, 11) is 0. The number of nitrogens with one attached hydrogen (secondary N) is 1. The zero-order chi connectivity index (χ0) is 8.10. The van der Waals surface area contributed by atoms with Crippen molar-refractivity contribution in [3.05, 3.63) is 29.8 Å². The van der Waals surface area contributed by atoms with E-state index in [0.29, 0.717) is 6.54 Å². The van der Waals surface area contributed by atoms with E-state index >= 15 is 0 Å². The van der Waals surface area contributed by atoms with Crippen LogP contribution in [0.2, 0.25) is 0 Å². The van der Waals surface area contributed by atoms with Crippen molar-refractivity contribution >= 4 is 23.4 Å². The molecule has 2 nitrogen and oxygen atoms in total. The third-order valence-corrected chi connectivity index (χ3v) is 1.49. The van der Waals surface area contributed by atoms with Crippen LogP contribution in [0.25, 0.3) is 0 Å². The highest BCUT2D eigenvalue weighted by Crippen LogP contribution is 2.07. The molecule has 0 saturated carbocycles. The second-order valence-electron chi connectivity index (χ2n) is 2.13. The molecule has 1 rings (SSSR count). The van der Waals surface area contributed by atoms with Crippen molar-refractivity contribution in [2.45, 2.75) is 6.54 Å². The van der Waals surface area contributed by atoms with E-state index in [2.05, 4.69) is 23.0 Å². The van der Waals surface area contributed by atoms with Crippen LogP contribution in [0, 0.1) is 0 Å². The Morgan fingerprint density at radius 1 is 1.36 bits per heavy atom. The summed E-state index contributed by atoms with van der Waals surface area (Å²) in [5.74, 6) is 0. The van der Waals surface area contributed by atoms with Gasteiger partial charge in [0.1, 0.15) is 5.49 Å². The number of benzene rings is 1. The molecular formula is C8H9N2S. The highest BCUT2D eigenvalue weighted by molar-refractivity contribution is 7.79. The minimum Gasteiger partial charge on any atom is -0.344 e. The summed E-state index contributed by atoms with van der Waals surface area (Å²) in [4.78, 5) is 0. The first kappa shape index (κ1) is 8.17. The number of hydrogen-bond donors (Lipinski definition) is 2. The first-order chi connectivity index (χ1) is 5.36. The third-order valence-electron chi connectivity index (χ3n) is 1.39. The average molecular weight is 165 g/mol. The Hall–Kier alpha value is -0.930. The van der Waals surface area contributed by atoms with Gasteiger partial charge in [0.05, 0.1) is 0 Å². The lowest BCUT2D eigenvalue weighted by Gasteiger charge is -1.99. The molecule has 0 fully saturated rings. The molecule has 0 amide bonds. The van der Waals surface area contributed by atoms with Crippen molar-refractivity contribution < 1.29 is 0 Å². The molecule has 0 aliphatic heterocycles. The third kappa shape index (κ3) is 2.29. The van der Waals surface area contributed by atoms with Crippen molar-refractivity contribution in [2.24, 2.45) is 5.73 Å². The van der Waals surface area contributed by atoms with Crippen LogP contribution in [0.3, 0.4) is 0 Å².